The lowest BCUT2D eigenvalue weighted by atomic mass is 10.0. The van der Waals surface area contributed by atoms with Gasteiger partial charge in [-0.1, -0.05) is 121 Å². The number of aromatic nitrogens is 4. The van der Waals surface area contributed by atoms with Crippen LogP contribution in [-0.2, 0) is 0 Å². The van der Waals surface area contributed by atoms with Crippen LogP contribution in [-0.4, -0.2) is 18.7 Å². The van der Waals surface area contributed by atoms with Crippen LogP contribution in [0.4, 0.5) is 17.1 Å². The third kappa shape index (κ3) is 5.61. The van der Waals surface area contributed by atoms with E-state index < -0.39 is 0 Å². The summed E-state index contributed by atoms with van der Waals surface area (Å²) in [7, 11) is 0. The van der Waals surface area contributed by atoms with Crippen molar-refractivity contribution in [2.24, 2.45) is 0 Å². The van der Waals surface area contributed by atoms with Crippen molar-refractivity contribution in [3.8, 4) is 28.2 Å². The van der Waals surface area contributed by atoms with Gasteiger partial charge in [0.15, 0.2) is 0 Å². The van der Waals surface area contributed by atoms with Crippen LogP contribution in [0.15, 0.2) is 237 Å². The third-order valence-corrected chi connectivity index (χ3v) is 12.9. The van der Waals surface area contributed by atoms with Crippen LogP contribution in [0, 0.1) is 0 Å². The number of hydrogen-bond acceptors (Lipinski definition) is 2. The van der Waals surface area contributed by atoms with Gasteiger partial charge in [-0.3, -0.25) is 4.98 Å². The fourth-order valence-corrected chi connectivity index (χ4v) is 10.1. The van der Waals surface area contributed by atoms with Crippen molar-refractivity contribution in [1.29, 1.82) is 0 Å². The first kappa shape index (κ1) is 36.0. The van der Waals surface area contributed by atoms with Crippen molar-refractivity contribution in [3.05, 3.63) is 237 Å². The Hall–Kier alpha value is -8.67. The van der Waals surface area contributed by atoms with Crippen molar-refractivity contribution in [2.45, 2.75) is 0 Å². The SMILES string of the molecule is c1ccc(N(c2ccccc2)c2ccc3c(c2)c2cnccc2n3-c2ccc(-c3cc(-n4c5ccccc5c5ccccc54)cc(-n4c5ccccc5c5ccccc54)c3)cc2)cc1. The summed E-state index contributed by atoms with van der Waals surface area (Å²) in [6, 6.07) is 81.2. The molecule has 9 aromatic carbocycles. The molecule has 0 atom stereocenters. The zero-order valence-electron chi connectivity index (χ0n) is 34.8. The van der Waals surface area contributed by atoms with E-state index in [1.807, 2.05) is 12.4 Å². The van der Waals surface area contributed by atoms with Crippen LogP contribution >= 0.6 is 0 Å². The molecule has 300 valence electrons. The second-order valence-electron chi connectivity index (χ2n) is 16.5. The Bertz CT molecular complexity index is 3620. The van der Waals surface area contributed by atoms with Crippen LogP contribution in [0.2, 0.25) is 0 Å². The van der Waals surface area contributed by atoms with Crippen molar-refractivity contribution in [3.63, 3.8) is 0 Å². The molecular formula is C59H39N5. The lowest BCUT2D eigenvalue weighted by Crippen LogP contribution is -2.09. The monoisotopic (exact) mass is 817 g/mol. The molecule has 0 fully saturated rings. The summed E-state index contributed by atoms with van der Waals surface area (Å²) in [5.74, 6) is 0. The molecule has 13 rings (SSSR count). The first-order chi connectivity index (χ1) is 31.8. The molecule has 0 saturated carbocycles. The number of para-hydroxylation sites is 6. The molecule has 0 aliphatic heterocycles. The lowest BCUT2D eigenvalue weighted by molar-refractivity contribution is 1.13. The average Bonchev–Trinajstić information content (AvgIpc) is 4.00. The summed E-state index contributed by atoms with van der Waals surface area (Å²) in [6.07, 6.45) is 3.89. The molecule has 0 radical (unpaired) electrons. The van der Waals surface area contributed by atoms with Gasteiger partial charge in [0, 0.05) is 78.8 Å². The number of anilines is 3. The van der Waals surface area contributed by atoms with E-state index in [4.69, 9.17) is 0 Å². The minimum atomic E-state index is 1.09. The maximum Gasteiger partial charge on any atom is 0.0571 e. The van der Waals surface area contributed by atoms with Gasteiger partial charge < -0.3 is 18.6 Å². The molecule has 0 saturated heterocycles. The predicted octanol–water partition coefficient (Wildman–Crippen LogP) is 15.5. The normalized spacial score (nSPS) is 11.8. The second-order valence-corrected chi connectivity index (χ2v) is 16.5. The third-order valence-electron chi connectivity index (χ3n) is 12.9. The summed E-state index contributed by atoms with van der Waals surface area (Å²) in [6.45, 7) is 0. The first-order valence-corrected chi connectivity index (χ1v) is 21.8. The van der Waals surface area contributed by atoms with Gasteiger partial charge in [-0.05, 0) is 114 Å². The number of pyridine rings is 1. The zero-order valence-corrected chi connectivity index (χ0v) is 34.8. The Kier molecular flexibility index (Phi) is 8.15. The molecule has 0 spiro atoms. The highest BCUT2D eigenvalue weighted by molar-refractivity contribution is 6.12. The number of nitrogens with zero attached hydrogens (tertiary/aromatic N) is 5. The van der Waals surface area contributed by atoms with Crippen molar-refractivity contribution in [2.75, 3.05) is 4.90 Å². The Morgan fingerprint density at radius 3 is 1.23 bits per heavy atom. The molecule has 4 aromatic heterocycles. The molecule has 0 unspecified atom stereocenters. The fraction of sp³-hybridized carbons (Fsp3) is 0. The highest BCUT2D eigenvalue weighted by atomic mass is 15.1. The standard InChI is InChI=1S/C59H39N5/c1-3-15-42(16-4-1)61(43-17-5-2-6-18-43)45-31-32-58-52(38-45)53-39-60-34-33-59(53)62(58)44-29-27-40(28-30-44)41-35-46(63-54-23-11-7-19-48(54)49-20-8-12-24-55(49)63)37-47(36-41)64-56-25-13-9-21-50(56)51-22-10-14-26-57(51)64/h1-39H. The number of benzene rings is 9. The van der Waals surface area contributed by atoms with E-state index in [2.05, 4.69) is 248 Å². The minimum absolute atomic E-state index is 1.09. The van der Waals surface area contributed by atoms with E-state index in [0.717, 1.165) is 67.1 Å². The molecule has 5 heteroatoms. The Balaban J connectivity index is 0.987. The molecule has 0 N–H and O–H groups in total. The van der Waals surface area contributed by atoms with Gasteiger partial charge in [0.25, 0.3) is 0 Å². The van der Waals surface area contributed by atoms with Gasteiger partial charge >= 0.3 is 0 Å². The molecule has 64 heavy (non-hydrogen) atoms. The topological polar surface area (TPSA) is 30.9 Å². The number of hydrogen-bond donors (Lipinski definition) is 0. The molecule has 0 aliphatic rings. The van der Waals surface area contributed by atoms with Crippen LogP contribution in [0.3, 0.4) is 0 Å². The van der Waals surface area contributed by atoms with E-state index in [1.54, 1.807) is 0 Å². The largest absolute Gasteiger partial charge is 0.310 e. The van der Waals surface area contributed by atoms with Gasteiger partial charge in [0.05, 0.1) is 33.1 Å². The van der Waals surface area contributed by atoms with Gasteiger partial charge in [0.2, 0.25) is 0 Å². The summed E-state index contributed by atoms with van der Waals surface area (Å²) in [5.41, 5.74) is 15.9. The molecule has 0 amide bonds. The van der Waals surface area contributed by atoms with Crippen molar-refractivity contribution < 1.29 is 0 Å². The van der Waals surface area contributed by atoms with Crippen LogP contribution in [0.1, 0.15) is 0 Å². The highest BCUT2D eigenvalue weighted by Crippen LogP contribution is 2.41. The number of rotatable bonds is 7. The van der Waals surface area contributed by atoms with E-state index in [1.165, 1.54) is 43.6 Å². The molecule has 5 nitrogen and oxygen atoms in total. The van der Waals surface area contributed by atoms with Gasteiger partial charge in [-0.2, -0.15) is 0 Å². The maximum atomic E-state index is 4.62. The van der Waals surface area contributed by atoms with Crippen molar-refractivity contribution in [1.82, 2.24) is 18.7 Å². The Morgan fingerprint density at radius 2 is 0.719 bits per heavy atom. The maximum absolute atomic E-state index is 4.62. The predicted molar refractivity (Wildman–Crippen MR) is 267 cm³/mol. The number of fused-ring (bicyclic) bond motifs is 9. The first-order valence-electron chi connectivity index (χ1n) is 21.8. The second kappa shape index (κ2) is 14.5. The van der Waals surface area contributed by atoms with Gasteiger partial charge in [-0.15, -0.1) is 0 Å². The molecule has 13 aromatic rings. The molecule has 0 bridgehead atoms. The van der Waals surface area contributed by atoms with E-state index in [0.29, 0.717) is 0 Å². The molecular weight excluding hydrogens is 779 g/mol. The van der Waals surface area contributed by atoms with E-state index >= 15 is 0 Å². The average molecular weight is 818 g/mol. The van der Waals surface area contributed by atoms with Crippen molar-refractivity contribution >= 4 is 82.5 Å². The summed E-state index contributed by atoms with van der Waals surface area (Å²) in [4.78, 5) is 6.93. The van der Waals surface area contributed by atoms with Gasteiger partial charge in [-0.25, -0.2) is 0 Å². The Labute approximate surface area is 369 Å². The summed E-state index contributed by atoms with van der Waals surface area (Å²) < 4.78 is 7.22. The van der Waals surface area contributed by atoms with E-state index in [9.17, 15) is 0 Å². The highest BCUT2D eigenvalue weighted by Gasteiger charge is 2.20. The molecule has 4 heterocycles. The summed E-state index contributed by atoms with van der Waals surface area (Å²) in [5, 5.41) is 7.23. The van der Waals surface area contributed by atoms with Crippen LogP contribution in [0.25, 0.3) is 93.6 Å². The minimum Gasteiger partial charge on any atom is -0.310 e. The van der Waals surface area contributed by atoms with Crippen LogP contribution in [0.5, 0.6) is 0 Å². The Morgan fingerprint density at radius 1 is 0.281 bits per heavy atom. The smallest absolute Gasteiger partial charge is 0.0571 e. The quantitative estimate of drug-likeness (QED) is 0.160. The van der Waals surface area contributed by atoms with Crippen LogP contribution < -0.4 is 4.90 Å². The lowest BCUT2D eigenvalue weighted by Gasteiger charge is -2.25. The zero-order chi connectivity index (χ0) is 42.1. The van der Waals surface area contributed by atoms with Gasteiger partial charge in [0.1, 0.15) is 0 Å². The fourth-order valence-electron chi connectivity index (χ4n) is 10.1. The molecule has 0 aliphatic carbocycles. The summed E-state index contributed by atoms with van der Waals surface area (Å²) >= 11 is 0. The van der Waals surface area contributed by atoms with E-state index in [-0.39, 0.29) is 0 Å².